The van der Waals surface area contributed by atoms with E-state index in [1.807, 2.05) is 0 Å². The number of nitrogens with zero attached hydrogens (tertiary/aromatic N) is 4. The Morgan fingerprint density at radius 3 is 2.44 bits per heavy atom. The Morgan fingerprint density at radius 2 is 1.80 bits per heavy atom. The molecule has 2 aromatic heterocycles. The first-order valence-electron chi connectivity index (χ1n) is 8.41. The Balaban J connectivity index is 1.37. The van der Waals surface area contributed by atoms with Crippen LogP contribution in [-0.4, -0.2) is 63.8 Å². The Kier molecular flexibility index (Phi) is 4.09. The van der Waals surface area contributed by atoms with Crippen molar-refractivity contribution in [3.63, 3.8) is 0 Å². The molecule has 130 valence electrons. The SMILES string of the molecule is O=C(c1cc(NC2CC2)ncn1)N1CCN(C(=O)c2ccco2)CC1. The molecule has 2 fully saturated rings. The van der Waals surface area contributed by atoms with E-state index in [1.54, 1.807) is 28.0 Å². The van der Waals surface area contributed by atoms with Gasteiger partial charge < -0.3 is 19.5 Å². The summed E-state index contributed by atoms with van der Waals surface area (Å²) in [5.74, 6) is 0.736. The molecule has 2 aliphatic rings. The molecule has 0 atom stereocenters. The van der Waals surface area contributed by atoms with Gasteiger partial charge in [-0.2, -0.15) is 0 Å². The zero-order chi connectivity index (χ0) is 17.2. The van der Waals surface area contributed by atoms with E-state index in [1.165, 1.54) is 12.6 Å². The number of furan rings is 1. The lowest BCUT2D eigenvalue weighted by Crippen LogP contribution is -2.50. The number of amides is 2. The molecule has 4 rings (SSSR count). The van der Waals surface area contributed by atoms with Crippen molar-refractivity contribution in [2.75, 3.05) is 31.5 Å². The molecular weight excluding hydrogens is 322 g/mol. The summed E-state index contributed by atoms with van der Waals surface area (Å²) in [6.45, 7) is 1.90. The summed E-state index contributed by atoms with van der Waals surface area (Å²) in [6.07, 6.45) is 5.17. The standard InChI is InChI=1S/C17H19N5O3/c23-16(13-10-15(19-11-18-13)20-12-3-4-12)21-5-7-22(8-6-21)17(24)14-2-1-9-25-14/h1-2,9-12H,3-8H2,(H,18,19,20). The van der Waals surface area contributed by atoms with Gasteiger partial charge in [0, 0.05) is 38.3 Å². The van der Waals surface area contributed by atoms with Gasteiger partial charge in [-0.05, 0) is 25.0 Å². The van der Waals surface area contributed by atoms with E-state index in [2.05, 4.69) is 15.3 Å². The van der Waals surface area contributed by atoms with Crippen LogP contribution in [0.4, 0.5) is 5.82 Å². The third-order valence-electron chi connectivity index (χ3n) is 4.40. The van der Waals surface area contributed by atoms with E-state index < -0.39 is 0 Å². The average molecular weight is 341 g/mol. The number of carbonyl (C=O) groups is 2. The second kappa shape index (κ2) is 6.54. The van der Waals surface area contributed by atoms with Crippen molar-refractivity contribution < 1.29 is 14.0 Å². The molecule has 25 heavy (non-hydrogen) atoms. The van der Waals surface area contributed by atoms with Crippen molar-refractivity contribution in [3.8, 4) is 0 Å². The Labute approximate surface area is 144 Å². The summed E-state index contributed by atoms with van der Waals surface area (Å²) in [6, 6.07) is 5.50. The fraction of sp³-hybridized carbons (Fsp3) is 0.412. The molecule has 1 aliphatic heterocycles. The topological polar surface area (TPSA) is 91.6 Å². The van der Waals surface area contributed by atoms with Crippen LogP contribution in [0.5, 0.6) is 0 Å². The zero-order valence-electron chi connectivity index (χ0n) is 13.7. The average Bonchev–Trinajstić information content (AvgIpc) is 3.29. The third-order valence-corrected chi connectivity index (χ3v) is 4.40. The highest BCUT2D eigenvalue weighted by Crippen LogP contribution is 2.23. The summed E-state index contributed by atoms with van der Waals surface area (Å²) in [5, 5.41) is 3.27. The maximum absolute atomic E-state index is 12.6. The van der Waals surface area contributed by atoms with Crippen LogP contribution in [0.25, 0.3) is 0 Å². The number of rotatable bonds is 4. The van der Waals surface area contributed by atoms with Gasteiger partial charge in [0.15, 0.2) is 5.76 Å². The lowest BCUT2D eigenvalue weighted by molar-refractivity contribution is 0.0515. The van der Waals surface area contributed by atoms with Gasteiger partial charge >= 0.3 is 0 Å². The van der Waals surface area contributed by atoms with E-state index in [-0.39, 0.29) is 11.8 Å². The van der Waals surface area contributed by atoms with E-state index in [0.29, 0.717) is 49.5 Å². The molecule has 0 radical (unpaired) electrons. The van der Waals surface area contributed by atoms with Crippen molar-refractivity contribution in [2.24, 2.45) is 0 Å². The first kappa shape index (κ1) is 15.6. The number of anilines is 1. The lowest BCUT2D eigenvalue weighted by atomic mass is 10.2. The smallest absolute Gasteiger partial charge is 0.289 e. The maximum Gasteiger partial charge on any atom is 0.289 e. The minimum absolute atomic E-state index is 0.133. The minimum Gasteiger partial charge on any atom is -0.459 e. The Bertz CT molecular complexity index is 764. The normalized spacial score (nSPS) is 17.4. The molecule has 8 nitrogen and oxygen atoms in total. The molecule has 1 aliphatic carbocycles. The van der Waals surface area contributed by atoms with Crippen LogP contribution in [0.1, 0.15) is 33.9 Å². The third kappa shape index (κ3) is 3.47. The molecule has 0 aromatic carbocycles. The summed E-state index contributed by atoms with van der Waals surface area (Å²) >= 11 is 0. The van der Waals surface area contributed by atoms with Crippen LogP contribution in [0.2, 0.25) is 0 Å². The molecule has 1 saturated carbocycles. The second-order valence-corrected chi connectivity index (χ2v) is 6.27. The number of nitrogens with one attached hydrogen (secondary N) is 1. The Hall–Kier alpha value is -2.90. The van der Waals surface area contributed by atoms with E-state index in [9.17, 15) is 9.59 Å². The molecule has 2 aromatic rings. The first-order chi connectivity index (χ1) is 12.2. The van der Waals surface area contributed by atoms with Crippen LogP contribution < -0.4 is 5.32 Å². The predicted octanol–water partition coefficient (Wildman–Crippen LogP) is 1.24. The monoisotopic (exact) mass is 341 g/mol. The highest BCUT2D eigenvalue weighted by atomic mass is 16.3. The summed E-state index contributed by atoms with van der Waals surface area (Å²) < 4.78 is 5.15. The lowest BCUT2D eigenvalue weighted by Gasteiger charge is -2.34. The zero-order valence-corrected chi connectivity index (χ0v) is 13.7. The fourth-order valence-corrected chi connectivity index (χ4v) is 2.82. The number of aromatic nitrogens is 2. The van der Waals surface area contributed by atoms with Crippen molar-refractivity contribution >= 4 is 17.6 Å². The van der Waals surface area contributed by atoms with E-state index in [0.717, 1.165) is 12.8 Å². The van der Waals surface area contributed by atoms with Crippen molar-refractivity contribution in [2.45, 2.75) is 18.9 Å². The summed E-state index contributed by atoms with van der Waals surface area (Å²) in [5.41, 5.74) is 0.379. The second-order valence-electron chi connectivity index (χ2n) is 6.27. The van der Waals surface area contributed by atoms with Gasteiger partial charge in [0.05, 0.1) is 6.26 Å². The van der Waals surface area contributed by atoms with Crippen molar-refractivity contribution in [3.05, 3.63) is 42.2 Å². The van der Waals surface area contributed by atoms with E-state index in [4.69, 9.17) is 4.42 Å². The number of carbonyl (C=O) groups excluding carboxylic acids is 2. The summed E-state index contributed by atoms with van der Waals surface area (Å²) in [4.78, 5) is 36.6. The highest BCUT2D eigenvalue weighted by Gasteiger charge is 2.27. The molecular formula is C17H19N5O3. The minimum atomic E-state index is -0.143. The largest absolute Gasteiger partial charge is 0.459 e. The van der Waals surface area contributed by atoms with Crippen molar-refractivity contribution in [1.29, 1.82) is 0 Å². The summed E-state index contributed by atoms with van der Waals surface area (Å²) in [7, 11) is 0. The molecule has 8 heteroatoms. The molecule has 1 N–H and O–H groups in total. The van der Waals surface area contributed by atoms with Gasteiger partial charge in [-0.3, -0.25) is 9.59 Å². The van der Waals surface area contributed by atoms with Crippen molar-refractivity contribution in [1.82, 2.24) is 19.8 Å². The highest BCUT2D eigenvalue weighted by molar-refractivity contribution is 5.94. The van der Waals surface area contributed by atoms with Gasteiger partial charge in [-0.15, -0.1) is 0 Å². The van der Waals surface area contributed by atoms with Gasteiger partial charge in [-0.1, -0.05) is 0 Å². The quantitative estimate of drug-likeness (QED) is 0.900. The number of hydrogen-bond donors (Lipinski definition) is 1. The molecule has 1 saturated heterocycles. The number of hydrogen-bond acceptors (Lipinski definition) is 6. The fourth-order valence-electron chi connectivity index (χ4n) is 2.82. The van der Waals surface area contributed by atoms with Gasteiger partial charge in [0.2, 0.25) is 0 Å². The van der Waals surface area contributed by atoms with Crippen LogP contribution in [0.3, 0.4) is 0 Å². The van der Waals surface area contributed by atoms with Crippen LogP contribution in [-0.2, 0) is 0 Å². The van der Waals surface area contributed by atoms with Crippen LogP contribution in [0.15, 0.2) is 35.2 Å². The van der Waals surface area contributed by atoms with E-state index >= 15 is 0 Å². The Morgan fingerprint density at radius 1 is 1.08 bits per heavy atom. The maximum atomic E-state index is 12.6. The molecule has 3 heterocycles. The van der Waals surface area contributed by atoms with Crippen LogP contribution >= 0.6 is 0 Å². The molecule has 2 amide bonds. The molecule has 0 spiro atoms. The molecule has 0 bridgehead atoms. The molecule has 0 unspecified atom stereocenters. The predicted molar refractivity (Wildman–Crippen MR) is 89.2 cm³/mol. The first-order valence-corrected chi connectivity index (χ1v) is 8.41. The number of piperazine rings is 1. The van der Waals surface area contributed by atoms with Gasteiger partial charge in [0.1, 0.15) is 17.8 Å². The van der Waals surface area contributed by atoms with Crippen LogP contribution in [0, 0.1) is 0 Å². The van der Waals surface area contributed by atoms with Gasteiger partial charge in [-0.25, -0.2) is 9.97 Å². The van der Waals surface area contributed by atoms with Gasteiger partial charge in [0.25, 0.3) is 11.8 Å².